The molecular formula is C14H10N4O8. The summed E-state index contributed by atoms with van der Waals surface area (Å²) in [6.07, 6.45) is 0. The Balaban J connectivity index is 1.52. The second-order valence-electron chi connectivity index (χ2n) is 6.24. The van der Waals surface area contributed by atoms with Crippen LogP contribution in [0.1, 0.15) is 6.92 Å². The van der Waals surface area contributed by atoms with Gasteiger partial charge in [-0.05, 0) is 6.92 Å². The van der Waals surface area contributed by atoms with Crippen LogP contribution in [-0.2, 0) is 38.4 Å². The molecule has 0 aliphatic carbocycles. The molecule has 0 atom stereocenters. The highest BCUT2D eigenvalue weighted by atomic mass is 16.2. The van der Waals surface area contributed by atoms with Gasteiger partial charge in [-0.3, -0.25) is 58.0 Å². The highest BCUT2D eigenvalue weighted by molar-refractivity contribution is 6.54. The zero-order valence-electron chi connectivity index (χ0n) is 13.5. The van der Waals surface area contributed by atoms with E-state index in [1.54, 1.807) is 0 Å². The minimum Gasteiger partial charge on any atom is -0.282 e. The van der Waals surface area contributed by atoms with Gasteiger partial charge < -0.3 is 0 Å². The van der Waals surface area contributed by atoms with Crippen molar-refractivity contribution in [3.05, 3.63) is 0 Å². The van der Waals surface area contributed by atoms with Gasteiger partial charge in [0.05, 0.1) is 0 Å². The average molecular weight is 362 g/mol. The van der Waals surface area contributed by atoms with E-state index in [0.29, 0.717) is 14.7 Å². The van der Waals surface area contributed by atoms with Crippen molar-refractivity contribution in [2.24, 2.45) is 10.8 Å². The summed E-state index contributed by atoms with van der Waals surface area (Å²) in [5, 5.41) is 0. The lowest BCUT2D eigenvalue weighted by molar-refractivity contribution is -0.205. The Morgan fingerprint density at radius 3 is 1.23 bits per heavy atom. The van der Waals surface area contributed by atoms with Crippen LogP contribution >= 0.6 is 0 Å². The molecule has 2 spiro atoms. The molecule has 26 heavy (non-hydrogen) atoms. The molecular weight excluding hydrogens is 352 g/mol. The van der Waals surface area contributed by atoms with E-state index < -0.39 is 64.8 Å². The first-order chi connectivity index (χ1) is 12.1. The van der Waals surface area contributed by atoms with Crippen LogP contribution in [0.25, 0.3) is 0 Å². The first-order valence-electron chi connectivity index (χ1n) is 7.52. The Morgan fingerprint density at radius 1 is 0.577 bits per heavy atom. The van der Waals surface area contributed by atoms with Crippen molar-refractivity contribution in [1.29, 1.82) is 0 Å². The molecule has 134 valence electrons. The van der Waals surface area contributed by atoms with Gasteiger partial charge in [0.15, 0.2) is 0 Å². The van der Waals surface area contributed by atoms with Gasteiger partial charge in [-0.2, -0.15) is 0 Å². The minimum absolute atomic E-state index is 0.00331. The third-order valence-corrected chi connectivity index (χ3v) is 5.25. The van der Waals surface area contributed by atoms with Crippen LogP contribution in [0.15, 0.2) is 0 Å². The molecule has 0 aromatic heterocycles. The van der Waals surface area contributed by atoms with Gasteiger partial charge in [-0.25, -0.2) is 0 Å². The van der Waals surface area contributed by atoms with Gasteiger partial charge in [0.25, 0.3) is 58.1 Å². The average Bonchev–Trinajstić information content (AvgIpc) is 2.62. The molecule has 0 unspecified atom stereocenters. The van der Waals surface area contributed by atoms with Crippen LogP contribution in [0.2, 0.25) is 0 Å². The number of hydrogen-bond donors (Lipinski definition) is 0. The summed E-state index contributed by atoms with van der Waals surface area (Å²) in [6, 6.07) is 0. The predicted molar refractivity (Wildman–Crippen MR) is 73.6 cm³/mol. The second-order valence-corrected chi connectivity index (χ2v) is 6.24. The maximum Gasteiger partial charge on any atom is 0.285 e. The summed E-state index contributed by atoms with van der Waals surface area (Å²) < 4.78 is 0. The molecule has 0 saturated carbocycles. The van der Waals surface area contributed by atoms with Gasteiger partial charge in [-0.1, -0.05) is 0 Å². The van der Waals surface area contributed by atoms with Gasteiger partial charge >= 0.3 is 0 Å². The molecule has 0 radical (unpaired) electrons. The fraction of sp³-hybridized carbons (Fsp3) is 0.429. The molecule has 4 heterocycles. The van der Waals surface area contributed by atoms with Crippen LogP contribution in [0.5, 0.6) is 0 Å². The van der Waals surface area contributed by atoms with Crippen LogP contribution in [0, 0.1) is 10.8 Å². The maximum atomic E-state index is 12.2. The predicted octanol–water partition coefficient (Wildman–Crippen LogP) is -3.96. The molecule has 4 fully saturated rings. The summed E-state index contributed by atoms with van der Waals surface area (Å²) in [5.74, 6) is -8.39. The van der Waals surface area contributed by atoms with Crippen LogP contribution in [0.4, 0.5) is 0 Å². The Kier molecular flexibility index (Phi) is 2.60. The quantitative estimate of drug-likeness (QED) is 0.365. The molecule has 4 saturated heterocycles. The van der Waals surface area contributed by atoms with Crippen LogP contribution < -0.4 is 0 Å². The zero-order chi connectivity index (χ0) is 19.3. The van der Waals surface area contributed by atoms with E-state index in [1.807, 2.05) is 0 Å². The number of carbonyl (C=O) groups is 8. The van der Waals surface area contributed by atoms with E-state index in [0.717, 1.165) is 11.9 Å². The molecule has 4 rings (SSSR count). The van der Waals surface area contributed by atoms with E-state index in [4.69, 9.17) is 0 Å². The first-order valence-corrected chi connectivity index (χ1v) is 7.52. The largest absolute Gasteiger partial charge is 0.285 e. The lowest BCUT2D eigenvalue weighted by Gasteiger charge is -2.55. The number of amides is 8. The second kappa shape index (κ2) is 4.20. The molecule has 4 aliphatic rings. The highest BCUT2D eigenvalue weighted by Crippen LogP contribution is 2.47. The topological polar surface area (TPSA) is 150 Å². The SMILES string of the molecule is CCN1C(=O)C2(C1=O)C(=O)N(CN1C(=O)C3(C(=O)N(C)C3=O)C1=O)C2=O. The summed E-state index contributed by atoms with van der Waals surface area (Å²) in [4.78, 5) is 98.3. The molecule has 4 aliphatic heterocycles. The molecule has 0 bridgehead atoms. The third-order valence-electron chi connectivity index (χ3n) is 5.25. The Labute approximate surface area is 144 Å². The smallest absolute Gasteiger partial charge is 0.282 e. The molecule has 12 nitrogen and oxygen atoms in total. The van der Waals surface area contributed by atoms with Gasteiger partial charge in [-0.15, -0.1) is 0 Å². The zero-order valence-corrected chi connectivity index (χ0v) is 13.5. The monoisotopic (exact) mass is 362 g/mol. The van der Waals surface area contributed by atoms with Crippen molar-refractivity contribution in [1.82, 2.24) is 19.6 Å². The number of nitrogens with zero attached hydrogens (tertiary/aromatic N) is 4. The lowest BCUT2D eigenvalue weighted by Crippen LogP contribution is -2.87. The summed E-state index contributed by atoms with van der Waals surface area (Å²) >= 11 is 0. The third kappa shape index (κ3) is 1.15. The standard InChI is InChI=1S/C14H10N4O8/c1-3-16-7(21)14(8(16)22)11(25)18(12(14)26)4-17-9(23)13(10(17)24)5(19)15(2)6(13)20/h3-4H2,1-2H3. The van der Waals surface area contributed by atoms with Crippen molar-refractivity contribution in [3.8, 4) is 0 Å². The Morgan fingerprint density at radius 2 is 0.885 bits per heavy atom. The molecule has 12 heteroatoms. The number of carbonyl (C=O) groups excluding carboxylic acids is 8. The van der Waals surface area contributed by atoms with E-state index in [2.05, 4.69) is 0 Å². The van der Waals surface area contributed by atoms with Gasteiger partial charge in [0, 0.05) is 13.6 Å². The normalized spacial score (nSPS) is 25.8. The van der Waals surface area contributed by atoms with Crippen LogP contribution in [0.3, 0.4) is 0 Å². The Bertz CT molecular complexity index is 852. The first kappa shape index (κ1) is 16.1. The number of imide groups is 4. The highest BCUT2D eigenvalue weighted by Gasteiger charge is 2.83. The fourth-order valence-electron chi connectivity index (χ4n) is 3.66. The van der Waals surface area contributed by atoms with E-state index in [1.165, 1.54) is 6.92 Å². The fourth-order valence-corrected chi connectivity index (χ4v) is 3.66. The lowest BCUT2D eigenvalue weighted by atomic mass is 9.68. The molecule has 0 aromatic carbocycles. The summed E-state index contributed by atoms with van der Waals surface area (Å²) in [6.45, 7) is 0.647. The minimum atomic E-state index is -2.41. The van der Waals surface area contributed by atoms with E-state index in [9.17, 15) is 38.4 Å². The van der Waals surface area contributed by atoms with Crippen molar-refractivity contribution >= 4 is 47.3 Å². The summed E-state index contributed by atoms with van der Waals surface area (Å²) in [5.41, 5.74) is -4.82. The van der Waals surface area contributed by atoms with Gasteiger partial charge in [0.1, 0.15) is 6.67 Å². The van der Waals surface area contributed by atoms with Crippen molar-refractivity contribution in [2.75, 3.05) is 20.3 Å². The summed E-state index contributed by atoms with van der Waals surface area (Å²) in [7, 11) is 1.11. The molecule has 8 amide bonds. The molecule has 0 N–H and O–H groups in total. The van der Waals surface area contributed by atoms with Crippen molar-refractivity contribution in [3.63, 3.8) is 0 Å². The van der Waals surface area contributed by atoms with Crippen molar-refractivity contribution < 1.29 is 38.4 Å². The number of β-lactam (4-membered cyclic amide) rings is 8. The number of hydrogen-bond acceptors (Lipinski definition) is 8. The molecule has 0 aromatic rings. The Hall–Kier alpha value is -3.44. The van der Waals surface area contributed by atoms with Crippen LogP contribution in [-0.4, -0.2) is 87.1 Å². The van der Waals surface area contributed by atoms with Crippen molar-refractivity contribution in [2.45, 2.75) is 6.92 Å². The number of rotatable bonds is 3. The van der Waals surface area contributed by atoms with Gasteiger partial charge in [0.2, 0.25) is 0 Å². The maximum absolute atomic E-state index is 12.2. The van der Waals surface area contributed by atoms with E-state index in [-0.39, 0.29) is 6.54 Å². The van der Waals surface area contributed by atoms with E-state index >= 15 is 0 Å². The number of likely N-dealkylation sites (tertiary alicyclic amines) is 4.